The van der Waals surface area contributed by atoms with E-state index in [1.807, 2.05) is 6.92 Å². The zero-order chi connectivity index (χ0) is 18.6. The van der Waals surface area contributed by atoms with Gasteiger partial charge in [0.1, 0.15) is 22.7 Å². The molecule has 1 unspecified atom stereocenters. The van der Waals surface area contributed by atoms with Crippen molar-refractivity contribution in [2.45, 2.75) is 44.6 Å². The van der Waals surface area contributed by atoms with Crippen molar-refractivity contribution < 1.29 is 20.2 Å². The van der Waals surface area contributed by atoms with Crippen molar-refractivity contribution >= 4 is 28.4 Å². The van der Waals surface area contributed by atoms with Crippen molar-refractivity contribution in [1.82, 2.24) is 10.6 Å². The van der Waals surface area contributed by atoms with E-state index in [9.17, 15) is 15.0 Å². The zero-order valence-electron chi connectivity index (χ0n) is 14.1. The van der Waals surface area contributed by atoms with Gasteiger partial charge in [-0.15, -0.1) is 11.8 Å². The van der Waals surface area contributed by atoms with Crippen LogP contribution in [0.15, 0.2) is 33.8 Å². The third-order valence-corrected chi connectivity index (χ3v) is 5.03. The number of nitrogens with one attached hydrogen (secondary N) is 2. The molecule has 2 aliphatic rings. The van der Waals surface area contributed by atoms with Crippen LogP contribution < -0.4 is 16.4 Å². The second-order valence-electron chi connectivity index (χ2n) is 5.91. The second kappa shape index (κ2) is 7.89. The first-order chi connectivity index (χ1) is 11.8. The van der Waals surface area contributed by atoms with Crippen LogP contribution in [-0.2, 0) is 4.79 Å². The first kappa shape index (κ1) is 19.3. The number of carbonyl (C=O) groups is 1. The smallest absolute Gasteiger partial charge is 0.264 e. The number of hydrogen-bond donors (Lipinski definition) is 6. The Balaban J connectivity index is 2.16. The van der Waals surface area contributed by atoms with Gasteiger partial charge in [-0.25, -0.2) is 4.99 Å². The average molecular weight is 369 g/mol. The molecule has 0 bridgehead atoms. The van der Waals surface area contributed by atoms with Crippen molar-refractivity contribution in [1.29, 1.82) is 0 Å². The van der Waals surface area contributed by atoms with Gasteiger partial charge in [-0.3, -0.25) is 10.5 Å². The van der Waals surface area contributed by atoms with Crippen molar-refractivity contribution in [3.05, 3.63) is 23.6 Å². The van der Waals surface area contributed by atoms with E-state index in [4.69, 9.17) is 10.9 Å². The molecule has 25 heavy (non-hydrogen) atoms. The van der Waals surface area contributed by atoms with Crippen LogP contribution >= 0.6 is 11.8 Å². The first-order valence-corrected chi connectivity index (χ1v) is 8.86. The van der Waals surface area contributed by atoms with Crippen molar-refractivity contribution in [3.8, 4) is 0 Å². The van der Waals surface area contributed by atoms with E-state index >= 15 is 0 Å². The van der Waals surface area contributed by atoms with Crippen LogP contribution in [0.4, 0.5) is 0 Å². The molecule has 2 rings (SSSR count). The van der Waals surface area contributed by atoms with Crippen molar-refractivity contribution in [2.75, 3.05) is 5.75 Å². The summed E-state index contributed by atoms with van der Waals surface area (Å²) in [6.45, 7) is 3.53. The molecule has 9 nitrogen and oxygen atoms in total. The molecule has 0 aromatic rings. The lowest BCUT2D eigenvalue weighted by atomic mass is 10.0. The summed E-state index contributed by atoms with van der Waals surface area (Å²) in [7, 11) is 0. The van der Waals surface area contributed by atoms with E-state index < -0.39 is 23.8 Å². The highest BCUT2D eigenvalue weighted by atomic mass is 32.2. The predicted octanol–water partition coefficient (Wildman–Crippen LogP) is 0.169. The molecular weight excluding hydrogens is 346 g/mol. The summed E-state index contributed by atoms with van der Waals surface area (Å²) in [5.41, 5.74) is 5.43. The fraction of sp³-hybridized carbons (Fsp3) is 0.533. The van der Waals surface area contributed by atoms with Gasteiger partial charge in [0.05, 0.1) is 6.04 Å². The monoisotopic (exact) mass is 369 g/mol. The van der Waals surface area contributed by atoms with Crippen LogP contribution in [0.3, 0.4) is 0 Å². The average Bonchev–Trinajstić information content (AvgIpc) is 2.96. The molecule has 0 saturated carbocycles. The SMILES string of the molecule is CCC[C@@H](NC(=O)[C@]1(N)CSC(/C(C)=N\O)=N1)C1=CC(O)=CC(O)N1. The molecule has 3 atom stereocenters. The summed E-state index contributed by atoms with van der Waals surface area (Å²) in [5.74, 6) is -0.337. The van der Waals surface area contributed by atoms with E-state index in [1.165, 1.54) is 23.9 Å². The number of aliphatic imine (C=N–C) groups is 1. The topological polar surface area (TPSA) is 153 Å². The Hall–Kier alpha value is -2.04. The van der Waals surface area contributed by atoms with Gasteiger partial charge in [0.25, 0.3) is 5.91 Å². The molecule has 1 amide bonds. The lowest BCUT2D eigenvalue weighted by Gasteiger charge is -2.29. The lowest BCUT2D eigenvalue weighted by molar-refractivity contribution is -0.125. The minimum atomic E-state index is -1.47. The molecule has 0 aromatic heterocycles. The van der Waals surface area contributed by atoms with Gasteiger partial charge in [0.2, 0.25) is 0 Å². The second-order valence-corrected chi connectivity index (χ2v) is 6.87. The number of thioether (sulfide) groups is 1. The summed E-state index contributed by atoms with van der Waals surface area (Å²) in [6.07, 6.45) is 3.03. The van der Waals surface area contributed by atoms with E-state index in [2.05, 4.69) is 20.8 Å². The number of amides is 1. The Morgan fingerprint density at radius 2 is 2.40 bits per heavy atom. The maximum Gasteiger partial charge on any atom is 0.264 e. The van der Waals surface area contributed by atoms with Gasteiger partial charge in [0, 0.05) is 23.6 Å². The van der Waals surface area contributed by atoms with Crippen molar-refractivity contribution in [2.24, 2.45) is 15.9 Å². The summed E-state index contributed by atoms with van der Waals surface area (Å²) in [6, 6.07) is -0.458. The molecular formula is C15H23N5O4S. The number of allylic oxidation sites excluding steroid dienone is 1. The van der Waals surface area contributed by atoms with Crippen LogP contribution in [0, 0.1) is 0 Å². The Labute approximate surface area is 149 Å². The molecule has 138 valence electrons. The summed E-state index contributed by atoms with van der Waals surface area (Å²) in [4.78, 5) is 16.8. The van der Waals surface area contributed by atoms with Crippen LogP contribution in [0.1, 0.15) is 26.7 Å². The number of aliphatic hydroxyl groups is 2. The van der Waals surface area contributed by atoms with Crippen LogP contribution in [0.2, 0.25) is 0 Å². The molecule has 0 aliphatic carbocycles. The van der Waals surface area contributed by atoms with Crippen LogP contribution in [-0.4, -0.2) is 55.8 Å². The molecule has 0 aromatic carbocycles. The number of dihydropyridines is 1. The predicted molar refractivity (Wildman–Crippen MR) is 96.5 cm³/mol. The number of aliphatic hydroxyl groups excluding tert-OH is 2. The quantitative estimate of drug-likeness (QED) is 0.222. The number of oxime groups is 1. The maximum absolute atomic E-state index is 12.7. The third kappa shape index (κ3) is 4.53. The highest BCUT2D eigenvalue weighted by Gasteiger charge is 2.41. The van der Waals surface area contributed by atoms with Gasteiger partial charge in [-0.1, -0.05) is 18.5 Å². The molecule has 2 heterocycles. The Morgan fingerprint density at radius 1 is 1.68 bits per heavy atom. The molecule has 0 fully saturated rings. The van der Waals surface area contributed by atoms with E-state index in [0.717, 1.165) is 6.42 Å². The Bertz CT molecular complexity index is 660. The standard InChI is InChI=1S/C15H23N5O4S/c1-3-4-10(11-5-9(21)6-12(22)17-11)18-14(23)15(16)7-25-13(19-15)8(2)20-24/h5-6,10,12,17,21-22,24H,3-4,7,16H2,1-2H3,(H,18,23)/b20-8-/t10-,12?,15+/m1/s1. The largest absolute Gasteiger partial charge is 0.508 e. The van der Waals surface area contributed by atoms with Crippen molar-refractivity contribution in [3.63, 3.8) is 0 Å². The third-order valence-electron chi connectivity index (χ3n) is 3.79. The fourth-order valence-electron chi connectivity index (χ4n) is 2.47. The Kier molecular flexibility index (Phi) is 6.09. The van der Waals surface area contributed by atoms with E-state index in [0.29, 0.717) is 22.9 Å². The minimum absolute atomic E-state index is 0.0782. The van der Waals surface area contributed by atoms with Crippen LogP contribution in [0.25, 0.3) is 0 Å². The number of rotatable bonds is 6. The van der Waals surface area contributed by atoms with Gasteiger partial charge in [-0.05, 0) is 13.3 Å². The van der Waals surface area contributed by atoms with Gasteiger partial charge in [0.15, 0.2) is 5.66 Å². The molecule has 0 spiro atoms. The van der Waals surface area contributed by atoms with Crippen LogP contribution in [0.5, 0.6) is 0 Å². The molecule has 0 saturated heterocycles. The number of nitrogens with two attached hydrogens (primary N) is 1. The number of carbonyl (C=O) groups excluding carboxylic acids is 1. The zero-order valence-corrected chi connectivity index (χ0v) is 14.9. The highest BCUT2D eigenvalue weighted by molar-refractivity contribution is 8.16. The molecule has 0 radical (unpaired) electrons. The molecule has 2 aliphatic heterocycles. The summed E-state index contributed by atoms with van der Waals surface area (Å²) >= 11 is 1.24. The summed E-state index contributed by atoms with van der Waals surface area (Å²) in [5, 5.41) is 37.3. The number of hydrogen-bond acceptors (Lipinski definition) is 9. The normalized spacial score (nSPS) is 27.8. The molecule has 10 heteroatoms. The highest BCUT2D eigenvalue weighted by Crippen LogP contribution is 2.25. The Morgan fingerprint density at radius 3 is 3.00 bits per heavy atom. The van der Waals surface area contributed by atoms with Gasteiger partial charge in [-0.2, -0.15) is 0 Å². The minimum Gasteiger partial charge on any atom is -0.508 e. The first-order valence-electron chi connectivity index (χ1n) is 7.87. The lowest BCUT2D eigenvalue weighted by Crippen LogP contribution is -2.57. The molecule has 7 N–H and O–H groups in total. The van der Waals surface area contributed by atoms with E-state index in [1.54, 1.807) is 6.92 Å². The maximum atomic E-state index is 12.7. The number of nitrogens with zero attached hydrogens (tertiary/aromatic N) is 2. The fourth-order valence-corrected chi connectivity index (χ4v) is 3.50. The van der Waals surface area contributed by atoms with E-state index in [-0.39, 0.29) is 11.5 Å². The summed E-state index contributed by atoms with van der Waals surface area (Å²) < 4.78 is 0. The van der Waals surface area contributed by atoms with Gasteiger partial charge < -0.3 is 26.1 Å². The van der Waals surface area contributed by atoms with Gasteiger partial charge >= 0.3 is 0 Å².